The molecule has 0 amide bonds. The van der Waals surface area contributed by atoms with Gasteiger partial charge in [-0.05, 0) is 94.4 Å². The highest BCUT2D eigenvalue weighted by Gasteiger charge is 2.34. The van der Waals surface area contributed by atoms with Crippen LogP contribution in [0.25, 0.3) is 11.1 Å². The van der Waals surface area contributed by atoms with Crippen molar-refractivity contribution in [2.75, 3.05) is 13.7 Å². The first-order valence-electron chi connectivity index (χ1n) is 11.0. The zero-order valence-electron chi connectivity index (χ0n) is 20.4. The van der Waals surface area contributed by atoms with Crippen LogP contribution in [0.2, 0.25) is 0 Å². The molecule has 1 aliphatic rings. The van der Waals surface area contributed by atoms with Gasteiger partial charge in [-0.15, -0.1) is 0 Å². The quantitative estimate of drug-likeness (QED) is 0.214. The molecule has 174 valence electrons. The lowest BCUT2D eigenvalue weighted by molar-refractivity contribution is -0.137. The third-order valence-corrected chi connectivity index (χ3v) is 6.51. The highest BCUT2D eigenvalue weighted by molar-refractivity contribution is 9.10. The molecule has 2 rings (SSSR count). The third kappa shape index (κ3) is 5.61. The van der Waals surface area contributed by atoms with Gasteiger partial charge in [0.15, 0.2) is 0 Å². The number of allylic oxidation sites excluding steroid dienone is 7. The van der Waals surface area contributed by atoms with E-state index in [0.29, 0.717) is 35.0 Å². The molecule has 1 aliphatic carbocycles. The third-order valence-electron chi connectivity index (χ3n) is 5.75. The lowest BCUT2D eigenvalue weighted by Crippen LogP contribution is -2.24. The molecule has 0 bridgehead atoms. The first kappa shape index (κ1) is 26.1. The summed E-state index contributed by atoms with van der Waals surface area (Å²) in [4.78, 5) is 11.6. The van der Waals surface area contributed by atoms with Crippen molar-refractivity contribution in [3.8, 4) is 5.75 Å². The van der Waals surface area contributed by atoms with Crippen LogP contribution in [0.15, 0.2) is 46.2 Å². The fraction of sp³-hybridized carbons (Fsp3) is 0.444. The minimum Gasteiger partial charge on any atom is -0.495 e. The summed E-state index contributed by atoms with van der Waals surface area (Å²) in [6.45, 7) is 14.3. The zero-order chi connectivity index (χ0) is 24.2. The van der Waals surface area contributed by atoms with Crippen molar-refractivity contribution in [3.05, 3.63) is 62.9 Å². The van der Waals surface area contributed by atoms with Crippen LogP contribution in [0.5, 0.6) is 5.75 Å². The highest BCUT2D eigenvalue weighted by atomic mass is 79.9. The Morgan fingerprint density at radius 2 is 1.94 bits per heavy atom. The Hall–Kier alpha value is -2.14. The van der Waals surface area contributed by atoms with Crippen LogP contribution < -0.4 is 4.74 Å². The number of carbonyl (C=O) groups is 1. The van der Waals surface area contributed by atoms with Gasteiger partial charge < -0.3 is 9.47 Å². The average Bonchev–Trinajstić information content (AvgIpc) is 2.70. The van der Waals surface area contributed by atoms with Crippen LogP contribution in [-0.2, 0) is 14.9 Å². The number of hydrogen-bond acceptors (Lipinski definition) is 3. The number of ether oxygens (including phenoxy) is 2. The first-order valence-corrected chi connectivity index (χ1v) is 11.7. The predicted octanol–water partition coefficient (Wildman–Crippen LogP) is 7.94. The number of fused-ring (bicyclic) bond motifs is 1. The van der Waals surface area contributed by atoms with Crippen molar-refractivity contribution in [2.24, 2.45) is 5.92 Å². The fourth-order valence-electron chi connectivity index (χ4n) is 4.00. The lowest BCUT2D eigenvalue weighted by Gasteiger charge is -2.35. The molecule has 0 unspecified atom stereocenters. The zero-order valence-corrected chi connectivity index (χ0v) is 21.9. The van der Waals surface area contributed by atoms with Gasteiger partial charge in [-0.3, -0.25) is 0 Å². The van der Waals surface area contributed by atoms with Crippen molar-refractivity contribution in [2.45, 2.75) is 60.3 Å². The summed E-state index contributed by atoms with van der Waals surface area (Å²) < 4.78 is 26.7. The summed E-state index contributed by atoms with van der Waals surface area (Å²) in [7, 11) is 1.61. The average molecular weight is 505 g/mol. The molecular formula is C27H34BrFO3. The molecule has 0 saturated heterocycles. The van der Waals surface area contributed by atoms with Crippen LogP contribution in [0.4, 0.5) is 4.39 Å². The summed E-state index contributed by atoms with van der Waals surface area (Å²) >= 11 is 3.78. The summed E-state index contributed by atoms with van der Waals surface area (Å²) in [5.41, 5.74) is 5.31. The molecule has 0 fully saturated rings. The number of rotatable bonds is 7. The summed E-state index contributed by atoms with van der Waals surface area (Å²) in [6, 6.07) is 2.05. The number of benzene rings is 1. The first-order chi connectivity index (χ1) is 14.9. The maximum absolute atomic E-state index is 15.2. The fourth-order valence-corrected chi connectivity index (χ4v) is 5.13. The Labute approximate surface area is 200 Å². The molecule has 3 nitrogen and oxygen atoms in total. The van der Waals surface area contributed by atoms with Crippen LogP contribution in [-0.4, -0.2) is 19.7 Å². The minimum absolute atomic E-state index is 0.0660. The van der Waals surface area contributed by atoms with E-state index in [0.717, 1.165) is 16.5 Å². The number of methoxy groups -OCH3 is 1. The van der Waals surface area contributed by atoms with E-state index in [4.69, 9.17) is 9.47 Å². The lowest BCUT2D eigenvalue weighted by atomic mass is 9.70. The molecule has 32 heavy (non-hydrogen) atoms. The minimum atomic E-state index is -0.438. The molecule has 1 aromatic carbocycles. The second-order valence-electron chi connectivity index (χ2n) is 9.04. The van der Waals surface area contributed by atoms with Crippen molar-refractivity contribution in [1.82, 2.24) is 0 Å². The molecule has 0 heterocycles. The second-order valence-corrected chi connectivity index (χ2v) is 9.84. The largest absolute Gasteiger partial charge is 0.495 e. The molecule has 0 atom stereocenters. The van der Waals surface area contributed by atoms with E-state index < -0.39 is 11.8 Å². The van der Waals surface area contributed by atoms with Gasteiger partial charge >= 0.3 is 5.97 Å². The molecule has 1 aromatic rings. The van der Waals surface area contributed by atoms with E-state index in [2.05, 4.69) is 55.8 Å². The van der Waals surface area contributed by atoms with Crippen molar-refractivity contribution < 1.29 is 18.7 Å². The number of esters is 1. The smallest absolute Gasteiger partial charge is 0.330 e. The van der Waals surface area contributed by atoms with E-state index >= 15 is 4.39 Å². The Morgan fingerprint density at radius 3 is 2.50 bits per heavy atom. The topological polar surface area (TPSA) is 35.5 Å². The standard InChI is InChI=1S/C27H34BrFO3/c1-9-32-23(30)14-17(4)10-11-22(29)18(5)20-15-21-19(16(2)3)12-13-27(6,7)24(21)25(28)26(20)31-8/h10-12,14-16H,9,13H2,1-8H3. The van der Waals surface area contributed by atoms with E-state index in [1.54, 1.807) is 34.0 Å². The Balaban J connectivity index is 2.61. The molecular weight excluding hydrogens is 471 g/mol. The Morgan fingerprint density at radius 1 is 1.28 bits per heavy atom. The van der Waals surface area contributed by atoms with E-state index in [-0.39, 0.29) is 5.41 Å². The summed E-state index contributed by atoms with van der Waals surface area (Å²) in [6.07, 6.45) is 7.52. The Bertz CT molecular complexity index is 1010. The predicted molar refractivity (Wildman–Crippen MR) is 134 cm³/mol. The molecule has 5 heteroatoms. The van der Waals surface area contributed by atoms with E-state index in [1.807, 2.05) is 0 Å². The second kappa shape index (κ2) is 10.7. The normalized spacial score (nSPS) is 16.6. The van der Waals surface area contributed by atoms with Gasteiger partial charge in [0.1, 0.15) is 11.6 Å². The van der Waals surface area contributed by atoms with E-state index in [1.165, 1.54) is 23.3 Å². The van der Waals surface area contributed by atoms with Gasteiger partial charge in [-0.2, -0.15) is 0 Å². The maximum Gasteiger partial charge on any atom is 0.330 e. The molecule has 0 N–H and O–H groups in total. The molecule has 0 radical (unpaired) electrons. The summed E-state index contributed by atoms with van der Waals surface area (Å²) in [5.74, 6) is 0.146. The number of carbonyl (C=O) groups excluding carboxylic acids is 1. The maximum atomic E-state index is 15.2. The van der Waals surface area contributed by atoms with Crippen LogP contribution in [0.1, 0.15) is 71.6 Å². The number of halogens is 2. The SMILES string of the molecule is CCOC(=O)C=C(C)C=CC(F)=C(C)c1cc2c(c(Br)c1OC)C(C)(C)CC=C2C(C)C. The Kier molecular flexibility index (Phi) is 8.69. The van der Waals surface area contributed by atoms with Gasteiger partial charge in [0, 0.05) is 11.6 Å². The number of hydrogen-bond donors (Lipinski definition) is 0. The van der Waals surface area contributed by atoms with Gasteiger partial charge in [0.25, 0.3) is 0 Å². The molecule has 0 saturated carbocycles. The van der Waals surface area contributed by atoms with Gasteiger partial charge in [-0.25, -0.2) is 9.18 Å². The van der Waals surface area contributed by atoms with E-state index in [9.17, 15) is 4.79 Å². The van der Waals surface area contributed by atoms with Crippen LogP contribution in [0, 0.1) is 5.92 Å². The molecule has 0 spiro atoms. The van der Waals surface area contributed by atoms with Gasteiger partial charge in [0.2, 0.25) is 0 Å². The van der Waals surface area contributed by atoms with Crippen molar-refractivity contribution in [1.29, 1.82) is 0 Å². The highest BCUT2D eigenvalue weighted by Crippen LogP contribution is 2.50. The van der Waals surface area contributed by atoms with Gasteiger partial charge in [0.05, 0.1) is 18.2 Å². The monoisotopic (exact) mass is 504 g/mol. The van der Waals surface area contributed by atoms with Crippen LogP contribution in [0.3, 0.4) is 0 Å². The molecule has 0 aliphatic heterocycles. The van der Waals surface area contributed by atoms with Gasteiger partial charge in [-0.1, -0.05) is 39.8 Å². The molecule has 0 aromatic heterocycles. The summed E-state index contributed by atoms with van der Waals surface area (Å²) in [5, 5.41) is 0. The van der Waals surface area contributed by atoms with Crippen LogP contribution >= 0.6 is 15.9 Å². The van der Waals surface area contributed by atoms with Crippen molar-refractivity contribution >= 4 is 33.0 Å². The van der Waals surface area contributed by atoms with Crippen molar-refractivity contribution in [3.63, 3.8) is 0 Å².